The summed E-state index contributed by atoms with van der Waals surface area (Å²) in [6.45, 7) is 5.40. The van der Waals surface area contributed by atoms with E-state index < -0.39 is 11.0 Å². The molecule has 1 N–H and O–H groups in total. The summed E-state index contributed by atoms with van der Waals surface area (Å²) in [6, 6.07) is 3.01. The lowest BCUT2D eigenvalue weighted by Gasteiger charge is -2.10. The van der Waals surface area contributed by atoms with E-state index in [0.29, 0.717) is 5.56 Å². The van der Waals surface area contributed by atoms with Crippen molar-refractivity contribution in [2.45, 2.75) is 20.8 Å². The molecule has 0 bridgehead atoms. The van der Waals surface area contributed by atoms with Crippen molar-refractivity contribution in [2.24, 2.45) is 0 Å². The van der Waals surface area contributed by atoms with E-state index in [2.05, 4.69) is 5.32 Å². The number of carbonyl (C=O) groups is 1. The van der Waals surface area contributed by atoms with Crippen LogP contribution in [0.15, 0.2) is 12.1 Å². The van der Waals surface area contributed by atoms with E-state index in [1.54, 1.807) is 19.9 Å². The Hall–Kier alpha value is -2.11. The molecule has 0 unspecified atom stereocenters. The highest BCUT2D eigenvalue weighted by Crippen LogP contribution is 2.30. The number of nitrogens with zero attached hydrogens (tertiary/aromatic N) is 1. The lowest BCUT2D eigenvalue weighted by Crippen LogP contribution is -2.15. The smallest absolute Gasteiger partial charge is 0.411 e. The number of nitrogens with one attached hydrogen (secondary N) is 1. The van der Waals surface area contributed by atoms with Gasteiger partial charge in [0.1, 0.15) is 5.69 Å². The first-order chi connectivity index (χ1) is 7.97. The van der Waals surface area contributed by atoms with Crippen LogP contribution in [0.3, 0.4) is 0 Å². The first kappa shape index (κ1) is 13.0. The van der Waals surface area contributed by atoms with E-state index in [0.717, 1.165) is 5.56 Å². The Bertz CT molecular complexity index is 457. The third-order valence-electron chi connectivity index (χ3n) is 2.41. The number of nitro benzene ring substituents is 1. The Morgan fingerprint density at radius 2 is 2.12 bits per heavy atom. The van der Waals surface area contributed by atoms with Crippen LogP contribution in [0.25, 0.3) is 0 Å². The minimum absolute atomic E-state index is 0.138. The molecule has 0 radical (unpaired) electrons. The maximum absolute atomic E-state index is 11.3. The van der Waals surface area contributed by atoms with Crippen molar-refractivity contribution < 1.29 is 14.5 Å². The highest BCUT2D eigenvalue weighted by Gasteiger charge is 2.19. The number of nitro groups is 1. The van der Waals surface area contributed by atoms with Crippen molar-refractivity contribution in [3.8, 4) is 0 Å². The molecule has 0 fully saturated rings. The van der Waals surface area contributed by atoms with Crippen molar-refractivity contribution in [3.63, 3.8) is 0 Å². The normalized spacial score (nSPS) is 9.82. The average Bonchev–Trinajstić information content (AvgIpc) is 2.25. The molecule has 0 spiro atoms. The number of carbonyl (C=O) groups excluding carboxylic acids is 1. The number of rotatable bonds is 3. The van der Waals surface area contributed by atoms with Gasteiger partial charge in [-0.15, -0.1) is 0 Å². The van der Waals surface area contributed by atoms with E-state index in [4.69, 9.17) is 4.74 Å². The summed E-state index contributed by atoms with van der Waals surface area (Å²) < 4.78 is 4.70. The molecule has 0 aromatic heterocycles. The van der Waals surface area contributed by atoms with Crippen LogP contribution in [0.5, 0.6) is 0 Å². The van der Waals surface area contributed by atoms with Gasteiger partial charge < -0.3 is 4.74 Å². The van der Waals surface area contributed by atoms with E-state index >= 15 is 0 Å². The fraction of sp³-hybridized carbons (Fsp3) is 0.364. The van der Waals surface area contributed by atoms with Crippen LogP contribution < -0.4 is 5.32 Å². The average molecular weight is 238 g/mol. The largest absolute Gasteiger partial charge is 0.450 e. The molecule has 1 aromatic rings. The number of aryl methyl sites for hydroxylation is 1. The molecule has 17 heavy (non-hydrogen) atoms. The number of ether oxygens (including phenoxy) is 1. The van der Waals surface area contributed by atoms with Crippen LogP contribution in [0, 0.1) is 24.0 Å². The predicted octanol–water partition coefficient (Wildman–Crippen LogP) is 2.78. The van der Waals surface area contributed by atoms with Crippen LogP contribution in [0.1, 0.15) is 18.1 Å². The second-order valence-electron chi connectivity index (χ2n) is 3.50. The second kappa shape index (κ2) is 5.29. The fourth-order valence-electron chi connectivity index (χ4n) is 1.38. The van der Waals surface area contributed by atoms with Crippen molar-refractivity contribution in [1.82, 2.24) is 0 Å². The van der Waals surface area contributed by atoms with Gasteiger partial charge in [-0.3, -0.25) is 15.4 Å². The summed E-state index contributed by atoms with van der Waals surface area (Å²) >= 11 is 0. The van der Waals surface area contributed by atoms with E-state index in [-0.39, 0.29) is 18.0 Å². The number of benzene rings is 1. The summed E-state index contributed by atoms with van der Waals surface area (Å²) in [5.74, 6) is 0. The highest BCUT2D eigenvalue weighted by atomic mass is 16.6. The summed E-state index contributed by atoms with van der Waals surface area (Å²) in [7, 11) is 0. The van der Waals surface area contributed by atoms with Crippen LogP contribution in [-0.4, -0.2) is 17.6 Å². The quantitative estimate of drug-likeness (QED) is 0.648. The van der Waals surface area contributed by atoms with Gasteiger partial charge >= 0.3 is 6.09 Å². The van der Waals surface area contributed by atoms with Crippen LogP contribution in [0.4, 0.5) is 16.2 Å². The van der Waals surface area contributed by atoms with E-state index in [1.807, 2.05) is 6.92 Å². The van der Waals surface area contributed by atoms with Gasteiger partial charge in [0.25, 0.3) is 5.69 Å². The van der Waals surface area contributed by atoms with Crippen molar-refractivity contribution in [3.05, 3.63) is 33.4 Å². The minimum atomic E-state index is -0.690. The molecule has 92 valence electrons. The molecular formula is C11H14N2O4. The molecule has 0 atom stereocenters. The molecule has 0 aliphatic heterocycles. The zero-order chi connectivity index (χ0) is 13.0. The molecule has 0 aliphatic carbocycles. The summed E-state index contributed by atoms with van der Waals surface area (Å²) in [5, 5.41) is 13.2. The monoisotopic (exact) mass is 238 g/mol. The van der Waals surface area contributed by atoms with Crippen molar-refractivity contribution >= 4 is 17.5 Å². The number of amides is 1. The third-order valence-corrected chi connectivity index (χ3v) is 2.41. The molecule has 1 amide bonds. The lowest BCUT2D eigenvalue weighted by atomic mass is 10.1. The highest BCUT2D eigenvalue weighted by molar-refractivity contribution is 5.89. The molecule has 6 heteroatoms. The van der Waals surface area contributed by atoms with Gasteiger partial charge in [-0.25, -0.2) is 4.79 Å². The lowest BCUT2D eigenvalue weighted by molar-refractivity contribution is -0.384. The van der Waals surface area contributed by atoms with Gasteiger partial charge in [0.2, 0.25) is 0 Å². The number of hydrogen-bond donors (Lipinski definition) is 1. The summed E-state index contributed by atoms with van der Waals surface area (Å²) in [6.07, 6.45) is -0.690. The van der Waals surface area contributed by atoms with Crippen LogP contribution in [-0.2, 0) is 4.74 Å². The molecule has 6 nitrogen and oxygen atoms in total. The standard InChI is InChI=1S/C11H14N2O4/c1-4-17-11(14)12-10-8(3)7(2)5-6-9(10)13(15)16/h5-6H,4H2,1-3H3,(H,12,14). The fourth-order valence-corrected chi connectivity index (χ4v) is 1.38. The third kappa shape index (κ3) is 2.93. The van der Waals surface area contributed by atoms with Crippen LogP contribution in [0.2, 0.25) is 0 Å². The van der Waals surface area contributed by atoms with Gasteiger partial charge in [-0.2, -0.15) is 0 Å². The Morgan fingerprint density at radius 1 is 1.47 bits per heavy atom. The van der Waals surface area contributed by atoms with Crippen molar-refractivity contribution in [2.75, 3.05) is 11.9 Å². The SMILES string of the molecule is CCOC(=O)Nc1c([N+](=O)[O-])ccc(C)c1C. The van der Waals surface area contributed by atoms with Gasteiger partial charge in [0.05, 0.1) is 11.5 Å². The second-order valence-corrected chi connectivity index (χ2v) is 3.50. The number of anilines is 1. The Morgan fingerprint density at radius 3 is 2.65 bits per heavy atom. The maximum Gasteiger partial charge on any atom is 0.411 e. The summed E-state index contributed by atoms with van der Waals surface area (Å²) in [4.78, 5) is 21.6. The minimum Gasteiger partial charge on any atom is -0.450 e. The van der Waals surface area contributed by atoms with E-state index in [1.165, 1.54) is 6.07 Å². The zero-order valence-corrected chi connectivity index (χ0v) is 9.94. The number of hydrogen-bond acceptors (Lipinski definition) is 4. The van der Waals surface area contributed by atoms with Gasteiger partial charge in [-0.05, 0) is 31.9 Å². The van der Waals surface area contributed by atoms with E-state index in [9.17, 15) is 14.9 Å². The molecule has 1 rings (SSSR count). The first-order valence-corrected chi connectivity index (χ1v) is 5.15. The molecule has 0 aliphatic rings. The Kier molecular flexibility index (Phi) is 4.03. The molecular weight excluding hydrogens is 224 g/mol. The van der Waals surface area contributed by atoms with Gasteiger partial charge in [-0.1, -0.05) is 6.07 Å². The van der Waals surface area contributed by atoms with Gasteiger partial charge in [0, 0.05) is 6.07 Å². The first-order valence-electron chi connectivity index (χ1n) is 5.15. The Labute approximate surface area is 98.7 Å². The molecule has 0 saturated carbocycles. The zero-order valence-electron chi connectivity index (χ0n) is 9.94. The van der Waals surface area contributed by atoms with Gasteiger partial charge in [0.15, 0.2) is 0 Å². The summed E-state index contributed by atoms with van der Waals surface area (Å²) in [5.41, 5.74) is 1.57. The maximum atomic E-state index is 11.3. The molecule has 0 saturated heterocycles. The molecule has 0 heterocycles. The Balaban J connectivity index is 3.14. The topological polar surface area (TPSA) is 81.5 Å². The van der Waals surface area contributed by atoms with Crippen LogP contribution >= 0.6 is 0 Å². The predicted molar refractivity (Wildman–Crippen MR) is 63.2 cm³/mol. The molecule has 1 aromatic carbocycles. The van der Waals surface area contributed by atoms with Crippen molar-refractivity contribution in [1.29, 1.82) is 0 Å².